The number of benzene rings is 1. The number of esters is 1. The second-order valence-corrected chi connectivity index (χ2v) is 7.69. The van der Waals surface area contributed by atoms with Crippen LogP contribution in [0.1, 0.15) is 36.5 Å². The van der Waals surface area contributed by atoms with Gasteiger partial charge in [-0.15, -0.1) is 0 Å². The van der Waals surface area contributed by atoms with Crippen molar-refractivity contribution >= 4 is 22.8 Å². The van der Waals surface area contributed by atoms with Crippen molar-refractivity contribution in [2.45, 2.75) is 40.0 Å². The van der Waals surface area contributed by atoms with Gasteiger partial charge in [0.15, 0.2) is 6.61 Å². The fourth-order valence-electron chi connectivity index (χ4n) is 3.79. The summed E-state index contributed by atoms with van der Waals surface area (Å²) < 4.78 is 15.9. The van der Waals surface area contributed by atoms with E-state index in [1.807, 2.05) is 4.90 Å². The number of piperidine rings is 1. The minimum Gasteiger partial charge on any atom is -0.483 e. The second-order valence-electron chi connectivity index (χ2n) is 7.69. The third kappa shape index (κ3) is 4.44. The maximum atomic E-state index is 12.5. The number of carbonyl (C=O) groups excluding carboxylic acids is 2. The van der Waals surface area contributed by atoms with Gasteiger partial charge in [-0.2, -0.15) is 0 Å². The van der Waals surface area contributed by atoms with E-state index in [0.717, 1.165) is 31.3 Å². The van der Waals surface area contributed by atoms with Gasteiger partial charge in [0.25, 0.3) is 5.91 Å². The van der Waals surface area contributed by atoms with Gasteiger partial charge in [-0.3, -0.25) is 9.59 Å². The fourth-order valence-corrected chi connectivity index (χ4v) is 3.79. The number of ether oxygens (including phenoxy) is 2. The van der Waals surface area contributed by atoms with Gasteiger partial charge in [-0.25, -0.2) is 4.79 Å². The van der Waals surface area contributed by atoms with Crippen LogP contribution in [0.2, 0.25) is 0 Å². The molecule has 1 saturated heterocycles. The van der Waals surface area contributed by atoms with Gasteiger partial charge in [-0.05, 0) is 50.3 Å². The molecule has 0 radical (unpaired) electrons. The second kappa shape index (κ2) is 8.68. The van der Waals surface area contributed by atoms with E-state index in [9.17, 15) is 14.4 Å². The number of aryl methyl sites for hydroxylation is 2. The predicted molar refractivity (Wildman–Crippen MR) is 108 cm³/mol. The molecular formula is C22H27NO6. The van der Waals surface area contributed by atoms with Crippen molar-refractivity contribution in [3.8, 4) is 5.75 Å². The molecule has 1 aliphatic rings. The van der Waals surface area contributed by atoms with E-state index >= 15 is 0 Å². The number of nitrogens with zero attached hydrogens (tertiary/aromatic N) is 1. The SMILES string of the molecule is COC(=O)Cc1c(C)c2ccc(OCC(=O)N3CCC[C@H](C)C3)c(C)c2oc1=O. The Morgan fingerprint density at radius 2 is 2.00 bits per heavy atom. The highest BCUT2D eigenvalue weighted by atomic mass is 16.5. The summed E-state index contributed by atoms with van der Waals surface area (Å²) in [5.41, 5.74) is 1.44. The van der Waals surface area contributed by atoms with Crippen LogP contribution in [0.25, 0.3) is 11.0 Å². The van der Waals surface area contributed by atoms with Crippen molar-refractivity contribution in [1.29, 1.82) is 0 Å². The van der Waals surface area contributed by atoms with Gasteiger partial charge in [0.1, 0.15) is 11.3 Å². The van der Waals surface area contributed by atoms with Crippen LogP contribution in [0.15, 0.2) is 21.3 Å². The molecule has 29 heavy (non-hydrogen) atoms. The molecule has 0 saturated carbocycles. The van der Waals surface area contributed by atoms with Crippen LogP contribution in [0, 0.1) is 19.8 Å². The smallest absolute Gasteiger partial charge is 0.340 e. The van der Waals surface area contributed by atoms with Crippen LogP contribution >= 0.6 is 0 Å². The van der Waals surface area contributed by atoms with E-state index in [4.69, 9.17) is 9.15 Å². The molecule has 0 bridgehead atoms. The van der Waals surface area contributed by atoms with Crippen molar-refractivity contribution in [3.63, 3.8) is 0 Å². The maximum Gasteiger partial charge on any atom is 0.340 e. The largest absolute Gasteiger partial charge is 0.483 e. The molecule has 1 aromatic heterocycles. The number of carbonyl (C=O) groups is 2. The van der Waals surface area contributed by atoms with E-state index in [1.54, 1.807) is 26.0 Å². The molecule has 1 fully saturated rings. The predicted octanol–water partition coefficient (Wildman–Crippen LogP) is 2.76. The Bertz CT molecular complexity index is 993. The molecule has 7 heteroatoms. The standard InChI is InChI=1S/C22H27NO6/c1-13-6-5-9-23(11-13)19(24)12-28-18-8-7-16-14(2)17(10-20(25)27-4)22(26)29-21(16)15(18)3/h7-8,13H,5-6,9-12H2,1-4H3/t13-/m0/s1. The maximum absolute atomic E-state index is 12.5. The zero-order valence-electron chi connectivity index (χ0n) is 17.4. The number of methoxy groups -OCH3 is 1. The molecule has 3 rings (SSSR count). The molecule has 1 amide bonds. The summed E-state index contributed by atoms with van der Waals surface area (Å²) in [6, 6.07) is 3.54. The zero-order chi connectivity index (χ0) is 21.1. The lowest BCUT2D eigenvalue weighted by Gasteiger charge is -2.30. The van der Waals surface area contributed by atoms with E-state index < -0.39 is 11.6 Å². The van der Waals surface area contributed by atoms with Crippen LogP contribution in [0.3, 0.4) is 0 Å². The molecule has 156 valence electrons. The third-order valence-electron chi connectivity index (χ3n) is 5.56. The molecule has 2 heterocycles. The van der Waals surface area contributed by atoms with Crippen LogP contribution in [0.5, 0.6) is 5.75 Å². The van der Waals surface area contributed by atoms with Gasteiger partial charge in [0.05, 0.1) is 19.1 Å². The lowest BCUT2D eigenvalue weighted by molar-refractivity contribution is -0.139. The van der Waals surface area contributed by atoms with Gasteiger partial charge in [0.2, 0.25) is 0 Å². The Labute approximate surface area is 169 Å². The highest BCUT2D eigenvalue weighted by Gasteiger charge is 2.22. The molecule has 1 atom stereocenters. The monoisotopic (exact) mass is 401 g/mol. The minimum absolute atomic E-state index is 0.0397. The Kier molecular flexibility index (Phi) is 6.25. The first-order valence-corrected chi connectivity index (χ1v) is 9.85. The number of hydrogen-bond acceptors (Lipinski definition) is 6. The lowest BCUT2D eigenvalue weighted by atomic mass is 10.0. The number of rotatable bonds is 5. The molecule has 0 spiro atoms. The van der Waals surface area contributed by atoms with Crippen LogP contribution in [0.4, 0.5) is 0 Å². The van der Waals surface area contributed by atoms with Crippen LogP contribution < -0.4 is 10.4 Å². The van der Waals surface area contributed by atoms with Gasteiger partial charge in [0, 0.05) is 24.0 Å². The molecule has 0 N–H and O–H groups in total. The molecule has 0 aliphatic carbocycles. The summed E-state index contributed by atoms with van der Waals surface area (Å²) in [7, 11) is 1.28. The highest BCUT2D eigenvalue weighted by Crippen LogP contribution is 2.29. The molecule has 1 aromatic carbocycles. The Morgan fingerprint density at radius 1 is 1.24 bits per heavy atom. The number of fused-ring (bicyclic) bond motifs is 1. The van der Waals surface area contributed by atoms with Crippen molar-refractivity contribution in [2.75, 3.05) is 26.8 Å². The van der Waals surface area contributed by atoms with Crippen molar-refractivity contribution < 1.29 is 23.5 Å². The quantitative estimate of drug-likeness (QED) is 0.566. The van der Waals surface area contributed by atoms with Gasteiger partial charge >= 0.3 is 11.6 Å². The van der Waals surface area contributed by atoms with Crippen molar-refractivity contribution in [3.05, 3.63) is 39.2 Å². The summed E-state index contributed by atoms with van der Waals surface area (Å²) in [5.74, 6) is 0.467. The Morgan fingerprint density at radius 3 is 2.69 bits per heavy atom. The van der Waals surface area contributed by atoms with Gasteiger partial charge < -0.3 is 18.8 Å². The average molecular weight is 401 g/mol. The van der Waals surface area contributed by atoms with E-state index in [1.165, 1.54) is 7.11 Å². The van der Waals surface area contributed by atoms with Crippen molar-refractivity contribution in [2.24, 2.45) is 5.92 Å². The Hall–Kier alpha value is -2.83. The molecule has 1 aliphatic heterocycles. The first-order valence-electron chi connectivity index (χ1n) is 9.85. The highest BCUT2D eigenvalue weighted by molar-refractivity contribution is 5.87. The van der Waals surface area contributed by atoms with Crippen LogP contribution in [-0.4, -0.2) is 43.6 Å². The summed E-state index contributed by atoms with van der Waals surface area (Å²) in [5, 5.41) is 0.726. The fraction of sp³-hybridized carbons (Fsp3) is 0.500. The summed E-state index contributed by atoms with van der Waals surface area (Å²) in [6.07, 6.45) is 2.02. The van der Waals surface area contributed by atoms with E-state index in [2.05, 4.69) is 11.7 Å². The Balaban J connectivity index is 1.82. The van der Waals surface area contributed by atoms with Gasteiger partial charge in [-0.1, -0.05) is 6.92 Å². The van der Waals surface area contributed by atoms with Crippen LogP contribution in [-0.2, 0) is 20.7 Å². The third-order valence-corrected chi connectivity index (χ3v) is 5.56. The summed E-state index contributed by atoms with van der Waals surface area (Å²) in [6.45, 7) is 7.18. The lowest BCUT2D eigenvalue weighted by Crippen LogP contribution is -2.41. The number of amides is 1. The molecular weight excluding hydrogens is 374 g/mol. The number of likely N-dealkylation sites (tertiary alicyclic amines) is 1. The molecule has 0 unspecified atom stereocenters. The summed E-state index contributed by atoms with van der Waals surface area (Å²) in [4.78, 5) is 38.3. The zero-order valence-corrected chi connectivity index (χ0v) is 17.4. The minimum atomic E-state index is -0.570. The average Bonchev–Trinajstić information content (AvgIpc) is 2.70. The van der Waals surface area contributed by atoms with Crippen molar-refractivity contribution in [1.82, 2.24) is 4.90 Å². The summed E-state index contributed by atoms with van der Waals surface area (Å²) >= 11 is 0. The normalized spacial score (nSPS) is 16.7. The van der Waals surface area contributed by atoms with E-state index in [0.29, 0.717) is 28.4 Å². The first-order chi connectivity index (χ1) is 13.8. The van der Waals surface area contributed by atoms with E-state index in [-0.39, 0.29) is 24.5 Å². The topological polar surface area (TPSA) is 86.1 Å². The number of hydrogen-bond donors (Lipinski definition) is 0. The molecule has 2 aromatic rings. The first kappa shape index (κ1) is 20.9. The molecule has 7 nitrogen and oxygen atoms in total.